The highest BCUT2D eigenvalue weighted by Gasteiger charge is 2.32. The third kappa shape index (κ3) is 5.46. The van der Waals surface area contributed by atoms with Crippen molar-refractivity contribution < 1.29 is 27.3 Å². The molecule has 0 unspecified atom stereocenters. The van der Waals surface area contributed by atoms with Gasteiger partial charge in [-0.05, 0) is 69.0 Å². The molecule has 0 bridgehead atoms. The van der Waals surface area contributed by atoms with Crippen molar-refractivity contribution in [2.45, 2.75) is 51.1 Å². The molecule has 1 saturated carbocycles. The summed E-state index contributed by atoms with van der Waals surface area (Å²) in [6.45, 7) is 5.59. The van der Waals surface area contributed by atoms with Gasteiger partial charge in [0.2, 0.25) is 15.9 Å². The zero-order valence-electron chi connectivity index (χ0n) is 22.0. The third-order valence-corrected chi connectivity index (χ3v) is 8.17. The summed E-state index contributed by atoms with van der Waals surface area (Å²) in [5.41, 5.74) is 2.45. The smallest absolute Gasteiger partial charge is 0.272 e. The van der Waals surface area contributed by atoms with Gasteiger partial charge in [-0.1, -0.05) is 12.1 Å². The molecule has 0 saturated heterocycles. The molecule has 1 amide bonds. The van der Waals surface area contributed by atoms with Crippen LogP contribution in [0.1, 0.15) is 45.8 Å². The van der Waals surface area contributed by atoms with Gasteiger partial charge in [0.1, 0.15) is 16.4 Å². The average Bonchev–Trinajstić information content (AvgIpc) is 3.44. The maximum absolute atomic E-state index is 13.2. The molecule has 2 aromatic heterocycles. The lowest BCUT2D eigenvalue weighted by Gasteiger charge is -2.15. The van der Waals surface area contributed by atoms with Gasteiger partial charge in [-0.3, -0.25) is 14.9 Å². The number of hydrogen-bond acceptors (Lipinski definition) is 8. The van der Waals surface area contributed by atoms with Crippen molar-refractivity contribution in [2.24, 2.45) is 0 Å². The summed E-state index contributed by atoms with van der Waals surface area (Å²) in [5.74, 6) is 0.0134. The molecule has 1 aliphatic carbocycles. The van der Waals surface area contributed by atoms with Crippen molar-refractivity contribution >= 4 is 21.6 Å². The quantitative estimate of drug-likeness (QED) is 0.211. The number of nitro benzene ring substituents is 1. The Labute approximate surface area is 230 Å². The zero-order valence-corrected chi connectivity index (χ0v) is 22.8. The van der Waals surface area contributed by atoms with E-state index in [0.29, 0.717) is 29.9 Å². The van der Waals surface area contributed by atoms with Crippen molar-refractivity contribution in [1.82, 2.24) is 19.8 Å². The molecular weight excluding hydrogens is 538 g/mol. The molecule has 2 heterocycles. The maximum atomic E-state index is 13.2. The number of benzene rings is 2. The van der Waals surface area contributed by atoms with Crippen LogP contribution in [0.4, 0.5) is 5.69 Å². The highest BCUT2D eigenvalue weighted by molar-refractivity contribution is 7.89. The lowest BCUT2D eigenvalue weighted by atomic mass is 10.1. The fourth-order valence-corrected chi connectivity index (χ4v) is 5.55. The third-order valence-electron chi connectivity index (χ3n) is 6.62. The molecule has 1 aliphatic rings. The number of carbonyl (C=O) groups excluding carboxylic acids is 1. The number of nitrogens with one attached hydrogen (secondary N) is 2. The first-order chi connectivity index (χ1) is 19.0. The first-order valence-electron chi connectivity index (χ1n) is 12.5. The summed E-state index contributed by atoms with van der Waals surface area (Å²) in [7, 11) is -4.15. The number of rotatable bonds is 10. The van der Waals surface area contributed by atoms with Crippen LogP contribution in [0.25, 0.3) is 5.69 Å². The number of nitro groups is 1. The van der Waals surface area contributed by atoms with Gasteiger partial charge in [0, 0.05) is 23.7 Å². The lowest BCUT2D eigenvalue weighted by molar-refractivity contribution is -0.385. The number of amides is 1. The number of furan rings is 1. The van der Waals surface area contributed by atoms with Crippen molar-refractivity contribution in [2.75, 3.05) is 0 Å². The molecular formula is C27H27N5O7S. The number of non-ortho nitro benzene ring substituents is 1. The molecule has 0 spiro atoms. The van der Waals surface area contributed by atoms with Crippen LogP contribution in [0.2, 0.25) is 0 Å². The SMILES string of the molecule is Cc1cccc(-n2nc(C(=O)NCc3ccco3)c(C)c2Oc2ccc([N+](=O)[O-])cc2S(=O)(=O)NC2CC2)c1C. The van der Waals surface area contributed by atoms with Crippen LogP contribution >= 0.6 is 0 Å². The number of carbonyl (C=O) groups is 1. The summed E-state index contributed by atoms with van der Waals surface area (Å²) in [4.78, 5) is 23.6. The maximum Gasteiger partial charge on any atom is 0.272 e. The van der Waals surface area contributed by atoms with Crippen molar-refractivity contribution in [3.8, 4) is 17.3 Å². The Morgan fingerprint density at radius 1 is 1.15 bits per heavy atom. The van der Waals surface area contributed by atoms with Gasteiger partial charge >= 0.3 is 0 Å². The Balaban J connectivity index is 1.61. The number of sulfonamides is 1. The van der Waals surface area contributed by atoms with E-state index >= 15 is 0 Å². The Morgan fingerprint density at radius 2 is 1.93 bits per heavy atom. The largest absolute Gasteiger partial charge is 0.467 e. The molecule has 0 radical (unpaired) electrons. The van der Waals surface area contributed by atoms with Crippen LogP contribution in [0, 0.1) is 30.9 Å². The highest BCUT2D eigenvalue weighted by atomic mass is 32.2. The Bertz CT molecular complexity index is 1710. The van der Waals surface area contributed by atoms with Gasteiger partial charge in [0.25, 0.3) is 11.6 Å². The van der Waals surface area contributed by atoms with E-state index in [2.05, 4.69) is 15.1 Å². The number of aromatic nitrogens is 2. The molecule has 208 valence electrons. The molecule has 40 heavy (non-hydrogen) atoms. The molecule has 1 fully saturated rings. The van der Waals surface area contributed by atoms with Crippen molar-refractivity contribution in [3.05, 3.63) is 93.1 Å². The van der Waals surface area contributed by atoms with Crippen LogP contribution in [-0.2, 0) is 16.6 Å². The summed E-state index contributed by atoms with van der Waals surface area (Å²) >= 11 is 0. The van der Waals surface area contributed by atoms with E-state index in [4.69, 9.17) is 9.15 Å². The van der Waals surface area contributed by atoms with Gasteiger partial charge in [0.05, 0.1) is 23.4 Å². The van der Waals surface area contributed by atoms with Crippen molar-refractivity contribution in [3.63, 3.8) is 0 Å². The topological polar surface area (TPSA) is 159 Å². The van der Waals surface area contributed by atoms with Crippen LogP contribution < -0.4 is 14.8 Å². The van der Waals surface area contributed by atoms with E-state index in [1.165, 1.54) is 17.0 Å². The van der Waals surface area contributed by atoms with Gasteiger partial charge < -0.3 is 14.5 Å². The number of aryl methyl sites for hydroxylation is 1. The van der Waals surface area contributed by atoms with Crippen LogP contribution in [0.5, 0.6) is 11.6 Å². The predicted molar refractivity (Wildman–Crippen MR) is 144 cm³/mol. The molecule has 2 aromatic carbocycles. The molecule has 5 rings (SSSR count). The Morgan fingerprint density at radius 3 is 2.60 bits per heavy atom. The van der Waals surface area contributed by atoms with Gasteiger partial charge in [-0.25, -0.2) is 13.1 Å². The van der Waals surface area contributed by atoms with Gasteiger partial charge in [-0.2, -0.15) is 9.78 Å². The monoisotopic (exact) mass is 565 g/mol. The zero-order chi connectivity index (χ0) is 28.6. The molecule has 12 nitrogen and oxygen atoms in total. The first-order valence-corrected chi connectivity index (χ1v) is 14.0. The summed E-state index contributed by atoms with van der Waals surface area (Å²) in [6, 6.07) is 12.1. The number of nitrogens with zero attached hydrogens (tertiary/aromatic N) is 3. The van der Waals surface area contributed by atoms with E-state index in [0.717, 1.165) is 23.3 Å². The number of ether oxygens (including phenoxy) is 1. The normalized spacial score (nSPS) is 13.3. The Hall–Kier alpha value is -4.49. The van der Waals surface area contributed by atoms with E-state index < -0.39 is 26.5 Å². The standard InChI is InChI=1S/C27H27N5O7S/c1-16-6-4-8-22(17(16)2)31-27(18(3)25(29-31)26(33)28-15-21-7-5-13-38-21)39-23-12-11-20(32(34)35)14-24(23)40(36,37)30-19-9-10-19/h4-8,11-14,19,30H,9-10,15H2,1-3H3,(H,28,33). The second-order valence-corrected chi connectivity index (χ2v) is 11.2. The average molecular weight is 566 g/mol. The Kier molecular flexibility index (Phi) is 7.17. The van der Waals surface area contributed by atoms with Gasteiger partial charge in [-0.15, -0.1) is 0 Å². The number of hydrogen-bond donors (Lipinski definition) is 2. The lowest BCUT2D eigenvalue weighted by Crippen LogP contribution is -2.26. The summed E-state index contributed by atoms with van der Waals surface area (Å²) in [6.07, 6.45) is 2.86. The summed E-state index contributed by atoms with van der Waals surface area (Å²) < 4.78 is 41.9. The first kappa shape index (κ1) is 27.1. The second-order valence-electron chi connectivity index (χ2n) is 9.56. The van der Waals surface area contributed by atoms with Crippen LogP contribution in [-0.4, -0.2) is 35.1 Å². The fraction of sp³-hybridized carbons (Fsp3) is 0.259. The minimum absolute atomic E-state index is 0.0601. The highest BCUT2D eigenvalue weighted by Crippen LogP contribution is 2.37. The van der Waals surface area contributed by atoms with E-state index in [9.17, 15) is 23.3 Å². The molecule has 0 aliphatic heterocycles. The molecule has 0 atom stereocenters. The van der Waals surface area contributed by atoms with Crippen molar-refractivity contribution in [1.29, 1.82) is 0 Å². The van der Waals surface area contributed by atoms with E-state index in [1.807, 2.05) is 26.0 Å². The molecule has 13 heteroatoms. The fourth-order valence-electron chi connectivity index (χ4n) is 4.10. The van der Waals surface area contributed by atoms with Crippen LogP contribution in [0.3, 0.4) is 0 Å². The summed E-state index contributed by atoms with van der Waals surface area (Å²) in [5, 5.41) is 18.8. The van der Waals surface area contributed by atoms with Crippen LogP contribution in [0.15, 0.2) is 64.1 Å². The second kappa shape index (κ2) is 10.6. The molecule has 2 N–H and O–H groups in total. The molecule has 4 aromatic rings. The minimum atomic E-state index is -4.15. The predicted octanol–water partition coefficient (Wildman–Crippen LogP) is 4.46. The minimum Gasteiger partial charge on any atom is -0.467 e. The van der Waals surface area contributed by atoms with E-state index in [1.54, 1.807) is 25.1 Å². The van der Waals surface area contributed by atoms with Gasteiger partial charge in [0.15, 0.2) is 5.69 Å². The van der Waals surface area contributed by atoms with E-state index in [-0.39, 0.29) is 34.8 Å².